The van der Waals surface area contributed by atoms with Gasteiger partial charge in [0.25, 0.3) is 11.8 Å². The molecule has 2 aliphatic heterocycles. The Bertz CT molecular complexity index is 1220. The maximum Gasteiger partial charge on any atom is 0.282 e. The number of carbonyl (C=O) groups is 2. The molecular weight excluding hydrogens is 408 g/mol. The van der Waals surface area contributed by atoms with Gasteiger partial charge in [-0.15, -0.1) is 0 Å². The fourth-order valence-electron chi connectivity index (χ4n) is 3.73. The highest BCUT2D eigenvalue weighted by molar-refractivity contribution is 6.46. The predicted molar refractivity (Wildman–Crippen MR) is 120 cm³/mol. The van der Waals surface area contributed by atoms with E-state index in [1.807, 2.05) is 37.3 Å². The van der Waals surface area contributed by atoms with Gasteiger partial charge in [0.2, 0.25) is 6.79 Å². The minimum Gasteiger partial charge on any atom is -0.494 e. The predicted octanol–water partition coefficient (Wildman–Crippen LogP) is 4.21. The Balaban J connectivity index is 1.54. The molecule has 0 atom stereocenters. The van der Waals surface area contributed by atoms with Gasteiger partial charge in [-0.1, -0.05) is 30.3 Å². The molecule has 7 heteroatoms. The second-order valence-electron chi connectivity index (χ2n) is 7.18. The summed E-state index contributed by atoms with van der Waals surface area (Å²) in [6.45, 7) is 2.58. The summed E-state index contributed by atoms with van der Waals surface area (Å²) < 4.78 is 16.3. The van der Waals surface area contributed by atoms with Crippen molar-refractivity contribution in [2.75, 3.05) is 23.6 Å². The largest absolute Gasteiger partial charge is 0.494 e. The van der Waals surface area contributed by atoms with Crippen molar-refractivity contribution in [3.8, 4) is 17.2 Å². The molecule has 3 aromatic rings. The van der Waals surface area contributed by atoms with Gasteiger partial charge in [0.15, 0.2) is 11.5 Å². The van der Waals surface area contributed by atoms with Gasteiger partial charge in [-0.05, 0) is 48.9 Å². The first-order chi connectivity index (χ1) is 15.7. The van der Waals surface area contributed by atoms with E-state index in [0.29, 0.717) is 46.4 Å². The first-order valence-corrected chi connectivity index (χ1v) is 10.2. The number of benzene rings is 3. The Kier molecular flexibility index (Phi) is 4.99. The zero-order valence-electron chi connectivity index (χ0n) is 17.3. The molecule has 5 rings (SSSR count). The van der Waals surface area contributed by atoms with Crippen molar-refractivity contribution in [2.45, 2.75) is 6.92 Å². The number of fused-ring (bicyclic) bond motifs is 1. The van der Waals surface area contributed by atoms with Crippen molar-refractivity contribution in [1.29, 1.82) is 0 Å². The summed E-state index contributed by atoms with van der Waals surface area (Å²) in [5.41, 5.74) is 2.25. The Labute approximate surface area is 184 Å². The van der Waals surface area contributed by atoms with Crippen LogP contribution < -0.4 is 24.4 Å². The van der Waals surface area contributed by atoms with E-state index in [2.05, 4.69) is 5.32 Å². The topological polar surface area (TPSA) is 77.1 Å². The third kappa shape index (κ3) is 3.43. The molecular formula is C25H20N2O5. The standard InChI is InChI=1S/C25H20N2O5/c1-2-30-19-11-9-18(10-12-19)27-24(28)22(16-6-4-3-5-7-16)23(25(27)29)26-17-8-13-20-21(14-17)32-15-31-20/h3-14,26H,2,15H2,1H3. The molecule has 0 aromatic heterocycles. The van der Waals surface area contributed by atoms with E-state index >= 15 is 0 Å². The summed E-state index contributed by atoms with van der Waals surface area (Å²) in [7, 11) is 0. The summed E-state index contributed by atoms with van der Waals surface area (Å²) in [5, 5.41) is 3.14. The number of hydrogen-bond donors (Lipinski definition) is 1. The Hall–Kier alpha value is -4.26. The lowest BCUT2D eigenvalue weighted by atomic mass is 10.0. The van der Waals surface area contributed by atoms with E-state index in [-0.39, 0.29) is 12.5 Å². The average molecular weight is 428 g/mol. The lowest BCUT2D eigenvalue weighted by Gasteiger charge is -2.16. The highest BCUT2D eigenvalue weighted by atomic mass is 16.7. The van der Waals surface area contributed by atoms with Gasteiger partial charge in [0.1, 0.15) is 11.4 Å². The van der Waals surface area contributed by atoms with Gasteiger partial charge in [0, 0.05) is 11.8 Å². The second kappa shape index (κ2) is 8.11. The fourth-order valence-corrected chi connectivity index (χ4v) is 3.73. The van der Waals surface area contributed by atoms with Crippen molar-refractivity contribution in [3.63, 3.8) is 0 Å². The molecule has 160 valence electrons. The smallest absolute Gasteiger partial charge is 0.282 e. The SMILES string of the molecule is CCOc1ccc(N2C(=O)C(Nc3ccc4c(c3)OCO4)=C(c3ccccc3)C2=O)cc1. The summed E-state index contributed by atoms with van der Waals surface area (Å²) in [4.78, 5) is 28.1. The van der Waals surface area contributed by atoms with Crippen LogP contribution in [-0.4, -0.2) is 25.2 Å². The summed E-state index contributed by atoms with van der Waals surface area (Å²) in [6, 6.07) is 21.3. The highest BCUT2D eigenvalue weighted by Gasteiger charge is 2.40. The van der Waals surface area contributed by atoms with Crippen LogP contribution in [0.3, 0.4) is 0 Å². The fraction of sp³-hybridized carbons (Fsp3) is 0.120. The number of imide groups is 1. The molecule has 0 unspecified atom stereocenters. The number of hydrogen-bond acceptors (Lipinski definition) is 6. The van der Waals surface area contributed by atoms with E-state index < -0.39 is 11.8 Å². The van der Waals surface area contributed by atoms with Crippen LogP contribution in [0, 0.1) is 0 Å². The van der Waals surface area contributed by atoms with Gasteiger partial charge in [0.05, 0.1) is 17.9 Å². The number of nitrogens with one attached hydrogen (secondary N) is 1. The molecule has 0 fully saturated rings. The van der Waals surface area contributed by atoms with Crippen molar-refractivity contribution in [2.24, 2.45) is 0 Å². The van der Waals surface area contributed by atoms with Crippen LogP contribution in [0.2, 0.25) is 0 Å². The summed E-state index contributed by atoms with van der Waals surface area (Å²) in [6.07, 6.45) is 0. The molecule has 0 saturated heterocycles. The van der Waals surface area contributed by atoms with Gasteiger partial charge < -0.3 is 19.5 Å². The van der Waals surface area contributed by atoms with Gasteiger partial charge >= 0.3 is 0 Å². The van der Waals surface area contributed by atoms with Crippen LogP contribution in [0.5, 0.6) is 17.2 Å². The molecule has 0 aliphatic carbocycles. The first-order valence-electron chi connectivity index (χ1n) is 10.2. The molecule has 32 heavy (non-hydrogen) atoms. The number of carbonyl (C=O) groups excluding carboxylic acids is 2. The summed E-state index contributed by atoms with van der Waals surface area (Å²) >= 11 is 0. The number of anilines is 2. The quantitative estimate of drug-likeness (QED) is 0.593. The number of rotatable bonds is 6. The number of amides is 2. The molecule has 0 spiro atoms. The number of ether oxygens (including phenoxy) is 3. The summed E-state index contributed by atoms with van der Waals surface area (Å²) in [5.74, 6) is 1.06. The maximum absolute atomic E-state index is 13.4. The third-order valence-corrected chi connectivity index (χ3v) is 5.19. The highest BCUT2D eigenvalue weighted by Crippen LogP contribution is 2.37. The molecule has 2 heterocycles. The van der Waals surface area contributed by atoms with Crippen LogP contribution in [0.15, 0.2) is 78.5 Å². The zero-order valence-corrected chi connectivity index (χ0v) is 17.3. The molecule has 0 saturated carbocycles. The van der Waals surface area contributed by atoms with Gasteiger partial charge in [-0.3, -0.25) is 9.59 Å². The molecule has 0 bridgehead atoms. The lowest BCUT2D eigenvalue weighted by molar-refractivity contribution is -0.120. The van der Waals surface area contributed by atoms with E-state index in [9.17, 15) is 9.59 Å². The van der Waals surface area contributed by atoms with Crippen LogP contribution in [0.25, 0.3) is 5.57 Å². The third-order valence-electron chi connectivity index (χ3n) is 5.19. The van der Waals surface area contributed by atoms with Gasteiger partial charge in [-0.2, -0.15) is 0 Å². The van der Waals surface area contributed by atoms with E-state index in [1.54, 1.807) is 42.5 Å². The Morgan fingerprint density at radius 3 is 2.41 bits per heavy atom. The maximum atomic E-state index is 13.4. The molecule has 2 amide bonds. The van der Waals surface area contributed by atoms with Crippen LogP contribution in [-0.2, 0) is 9.59 Å². The van der Waals surface area contributed by atoms with Crippen molar-refractivity contribution < 1.29 is 23.8 Å². The van der Waals surface area contributed by atoms with Crippen molar-refractivity contribution >= 4 is 28.8 Å². The lowest BCUT2D eigenvalue weighted by Crippen LogP contribution is -2.32. The zero-order chi connectivity index (χ0) is 22.1. The Morgan fingerprint density at radius 2 is 1.66 bits per heavy atom. The van der Waals surface area contributed by atoms with Crippen molar-refractivity contribution in [1.82, 2.24) is 0 Å². The minimum absolute atomic E-state index is 0.152. The minimum atomic E-state index is -0.435. The van der Waals surface area contributed by atoms with Gasteiger partial charge in [-0.25, -0.2) is 4.90 Å². The molecule has 1 N–H and O–H groups in total. The molecule has 0 radical (unpaired) electrons. The van der Waals surface area contributed by atoms with E-state index in [1.165, 1.54) is 4.90 Å². The molecule has 2 aliphatic rings. The second-order valence-corrected chi connectivity index (χ2v) is 7.18. The number of nitrogens with zero attached hydrogens (tertiary/aromatic N) is 1. The molecule has 7 nitrogen and oxygen atoms in total. The normalized spacial score (nSPS) is 14.8. The van der Waals surface area contributed by atoms with Crippen LogP contribution in [0.4, 0.5) is 11.4 Å². The van der Waals surface area contributed by atoms with E-state index in [4.69, 9.17) is 14.2 Å². The van der Waals surface area contributed by atoms with E-state index in [0.717, 1.165) is 0 Å². The Morgan fingerprint density at radius 1 is 0.906 bits per heavy atom. The first kappa shape index (κ1) is 19.7. The molecule has 3 aromatic carbocycles. The van der Waals surface area contributed by atoms with Crippen molar-refractivity contribution in [3.05, 3.63) is 84.1 Å². The van der Waals surface area contributed by atoms with Crippen LogP contribution in [0.1, 0.15) is 12.5 Å². The van der Waals surface area contributed by atoms with Crippen LogP contribution >= 0.6 is 0 Å². The average Bonchev–Trinajstić information content (AvgIpc) is 3.37. The monoisotopic (exact) mass is 428 g/mol.